The fraction of sp³-hybridized carbons (Fsp3) is 0.444. The average molecular weight is 383 g/mol. The van der Waals surface area contributed by atoms with Crippen molar-refractivity contribution in [2.75, 3.05) is 27.5 Å². The van der Waals surface area contributed by atoms with Crippen LogP contribution in [0.2, 0.25) is 0 Å². The van der Waals surface area contributed by atoms with Gasteiger partial charge in [0.2, 0.25) is 26.6 Å². The zero-order valence-corrected chi connectivity index (χ0v) is 14.9. The van der Waals surface area contributed by atoms with Gasteiger partial charge in [-0.2, -0.15) is 22.2 Å². The fourth-order valence-corrected chi connectivity index (χ4v) is 4.30. The summed E-state index contributed by atoms with van der Waals surface area (Å²) in [6, 6.07) is 1.48. The van der Waals surface area contributed by atoms with E-state index in [-0.39, 0.29) is 20.2 Å². The van der Waals surface area contributed by atoms with Gasteiger partial charge in [0.05, 0.1) is 26.5 Å². The lowest BCUT2D eigenvalue weighted by molar-refractivity contribution is 0.372. The first-order valence-corrected chi connectivity index (χ1v) is 9.84. The third kappa shape index (κ3) is 3.60. The van der Waals surface area contributed by atoms with Gasteiger partial charge < -0.3 is 9.47 Å². The smallest absolute Gasteiger partial charge is 0.338 e. The Balaban J connectivity index is 2.65. The third-order valence-corrected chi connectivity index (χ3v) is 6.96. The molecule has 14 heteroatoms. The number of ether oxygens (including phenoxy) is 2. The minimum Gasteiger partial charge on any atom is -0.481 e. The summed E-state index contributed by atoms with van der Waals surface area (Å²) >= 11 is 0.818. The van der Waals surface area contributed by atoms with Crippen molar-refractivity contribution in [1.82, 2.24) is 17.5 Å². The van der Waals surface area contributed by atoms with E-state index in [0.29, 0.717) is 5.88 Å². The van der Waals surface area contributed by atoms with Crippen LogP contribution in [0.15, 0.2) is 10.5 Å². The molecule has 2 rings (SSSR count). The van der Waals surface area contributed by atoms with Gasteiger partial charge >= 0.3 is 10.2 Å². The van der Waals surface area contributed by atoms with Crippen molar-refractivity contribution < 1.29 is 26.3 Å². The van der Waals surface area contributed by atoms with E-state index in [4.69, 9.17) is 9.47 Å². The van der Waals surface area contributed by atoms with Gasteiger partial charge in [-0.25, -0.2) is 8.42 Å². The number of nitrogens with zero attached hydrogens (tertiary/aromatic N) is 5. The molecular formula is C9H13N5O6S3. The quantitative estimate of drug-likeness (QED) is 0.632. The second kappa shape index (κ2) is 6.03. The molecule has 0 radical (unpaired) electrons. The topological polar surface area (TPSA) is 133 Å². The summed E-state index contributed by atoms with van der Waals surface area (Å²) in [6.45, 7) is 0. The van der Waals surface area contributed by atoms with Crippen molar-refractivity contribution in [2.45, 2.75) is 0 Å². The van der Waals surface area contributed by atoms with E-state index in [2.05, 4.69) is 14.4 Å². The molecule has 0 aliphatic heterocycles. The molecule has 0 N–H and O–H groups in total. The summed E-state index contributed by atoms with van der Waals surface area (Å²) in [4.78, 5) is 7.73. The lowest BCUT2D eigenvalue weighted by atomic mass is 10.6. The van der Waals surface area contributed by atoms with Crippen LogP contribution in [0, 0.1) is 0 Å². The minimum absolute atomic E-state index is 0.0992. The van der Waals surface area contributed by atoms with Crippen molar-refractivity contribution in [2.24, 2.45) is 4.40 Å². The van der Waals surface area contributed by atoms with Crippen molar-refractivity contribution >= 4 is 37.5 Å². The molecule has 23 heavy (non-hydrogen) atoms. The number of sulfonamides is 1. The van der Waals surface area contributed by atoms with Crippen LogP contribution in [-0.2, 0) is 20.2 Å². The number of fused-ring (bicyclic) bond motifs is 1. The SMILES string of the molecule is COc1cc(OC)n2sc(=NS(=O)(=O)N(C)S(C)(=O)=O)nc2n1. The van der Waals surface area contributed by atoms with Gasteiger partial charge in [0.15, 0.2) is 0 Å². The lowest BCUT2D eigenvalue weighted by Crippen LogP contribution is -2.31. The molecule has 2 heterocycles. The molecule has 0 amide bonds. The first-order chi connectivity index (χ1) is 10.6. The lowest BCUT2D eigenvalue weighted by Gasteiger charge is -2.09. The molecule has 0 bridgehead atoms. The zero-order chi connectivity index (χ0) is 17.4. The Morgan fingerprint density at radius 1 is 1.22 bits per heavy atom. The highest BCUT2D eigenvalue weighted by Crippen LogP contribution is 2.19. The molecule has 0 saturated heterocycles. The monoisotopic (exact) mass is 383 g/mol. The Morgan fingerprint density at radius 3 is 2.39 bits per heavy atom. The Hall–Kier alpha value is -1.77. The van der Waals surface area contributed by atoms with Crippen LogP contribution in [0.5, 0.6) is 11.8 Å². The van der Waals surface area contributed by atoms with Crippen LogP contribution in [-0.4, -0.2) is 61.8 Å². The predicted octanol–water partition coefficient (Wildman–Crippen LogP) is -1.16. The summed E-state index contributed by atoms with van der Waals surface area (Å²) in [5.74, 6) is 0.622. The van der Waals surface area contributed by atoms with Crippen LogP contribution in [0.3, 0.4) is 0 Å². The fourth-order valence-electron chi connectivity index (χ4n) is 1.39. The molecule has 2 aromatic rings. The maximum atomic E-state index is 12.0. The highest BCUT2D eigenvalue weighted by molar-refractivity contribution is 8.03. The molecule has 0 aromatic carbocycles. The van der Waals surface area contributed by atoms with Gasteiger partial charge in [-0.3, -0.25) is 0 Å². The van der Waals surface area contributed by atoms with Gasteiger partial charge in [-0.1, -0.05) is 3.71 Å². The number of hydrogen-bond acceptors (Lipinski definition) is 9. The van der Waals surface area contributed by atoms with Gasteiger partial charge in [-0.15, -0.1) is 4.40 Å². The van der Waals surface area contributed by atoms with E-state index in [0.717, 1.165) is 24.8 Å². The Labute approximate surface area is 136 Å². The van der Waals surface area contributed by atoms with Gasteiger partial charge in [-0.05, 0) is 11.5 Å². The molecule has 11 nitrogen and oxygen atoms in total. The van der Waals surface area contributed by atoms with Crippen molar-refractivity contribution in [1.29, 1.82) is 0 Å². The van der Waals surface area contributed by atoms with Crippen molar-refractivity contribution in [3.05, 3.63) is 10.9 Å². The standard InChI is InChI=1S/C9H13N5O6S3/c1-13(22(4,15)16)23(17,18)12-9-11-8-10-6(19-2)5-7(20-3)14(8)21-9/h5H,1-4H3. The van der Waals surface area contributed by atoms with E-state index >= 15 is 0 Å². The average Bonchev–Trinajstić information content (AvgIpc) is 2.85. The van der Waals surface area contributed by atoms with Crippen LogP contribution in [0.25, 0.3) is 5.78 Å². The molecular weight excluding hydrogens is 370 g/mol. The van der Waals surface area contributed by atoms with Crippen LogP contribution >= 0.6 is 11.5 Å². The maximum absolute atomic E-state index is 12.0. The van der Waals surface area contributed by atoms with Crippen LogP contribution in [0.1, 0.15) is 0 Å². The molecule has 0 unspecified atom stereocenters. The Morgan fingerprint density at radius 2 is 1.87 bits per heavy atom. The largest absolute Gasteiger partial charge is 0.481 e. The normalized spacial score (nSPS) is 13.7. The zero-order valence-electron chi connectivity index (χ0n) is 12.5. The third-order valence-electron chi connectivity index (χ3n) is 2.61. The summed E-state index contributed by atoms with van der Waals surface area (Å²) in [7, 11) is -4.72. The first kappa shape index (κ1) is 17.6. The number of rotatable bonds is 5. The van der Waals surface area contributed by atoms with Crippen molar-refractivity contribution in [3.8, 4) is 11.8 Å². The second-order valence-electron chi connectivity index (χ2n) is 4.13. The summed E-state index contributed by atoms with van der Waals surface area (Å²) in [5.41, 5.74) is 0. The summed E-state index contributed by atoms with van der Waals surface area (Å²) < 4.78 is 61.7. The van der Waals surface area contributed by atoms with Gasteiger partial charge in [0, 0.05) is 7.05 Å². The first-order valence-electron chi connectivity index (χ1n) is 5.82. The van der Waals surface area contributed by atoms with E-state index in [1.165, 1.54) is 24.1 Å². The molecule has 0 atom stereocenters. The number of methoxy groups -OCH3 is 2. The highest BCUT2D eigenvalue weighted by atomic mass is 32.3. The van der Waals surface area contributed by atoms with E-state index in [1.54, 1.807) is 0 Å². The maximum Gasteiger partial charge on any atom is 0.338 e. The molecule has 128 valence electrons. The minimum atomic E-state index is -4.45. The predicted molar refractivity (Wildman–Crippen MR) is 81.1 cm³/mol. The second-order valence-corrected chi connectivity index (χ2v) is 8.92. The van der Waals surface area contributed by atoms with Gasteiger partial charge in [0.25, 0.3) is 5.78 Å². The van der Waals surface area contributed by atoms with Crippen LogP contribution in [0.4, 0.5) is 0 Å². The van der Waals surface area contributed by atoms with Gasteiger partial charge in [0.1, 0.15) is 0 Å². The van der Waals surface area contributed by atoms with E-state index in [9.17, 15) is 16.8 Å². The van der Waals surface area contributed by atoms with E-state index in [1.807, 2.05) is 0 Å². The summed E-state index contributed by atoms with van der Waals surface area (Å²) in [6.07, 6.45) is 0.753. The molecule has 0 spiro atoms. The van der Waals surface area contributed by atoms with E-state index < -0.39 is 20.2 Å². The Kier molecular flexibility index (Phi) is 4.61. The molecule has 2 aromatic heterocycles. The highest BCUT2D eigenvalue weighted by Gasteiger charge is 2.26. The molecule has 0 aliphatic carbocycles. The molecule has 0 aliphatic rings. The number of aromatic nitrogens is 3. The summed E-state index contributed by atoms with van der Waals surface area (Å²) in [5, 5.41) is 0. The Bertz CT molecular complexity index is 1010. The molecule has 0 saturated carbocycles. The van der Waals surface area contributed by atoms with Crippen molar-refractivity contribution in [3.63, 3.8) is 0 Å². The van der Waals surface area contributed by atoms with Crippen LogP contribution < -0.4 is 14.3 Å². The molecule has 0 fully saturated rings. The number of hydrogen-bond donors (Lipinski definition) is 0.